The average molecular weight is 322 g/mol. The van der Waals surface area contributed by atoms with Gasteiger partial charge in [-0.25, -0.2) is 9.59 Å². The Bertz CT molecular complexity index is 511. The van der Waals surface area contributed by atoms with Gasteiger partial charge in [0.05, 0.1) is 0 Å². The number of hydrogen-bond acceptors (Lipinski definition) is 4. The van der Waals surface area contributed by atoms with Crippen LogP contribution in [0.25, 0.3) is 0 Å². The van der Waals surface area contributed by atoms with Crippen LogP contribution in [0.4, 0.5) is 9.59 Å². The molecule has 1 aromatic carbocycles. The van der Waals surface area contributed by atoms with Crippen molar-refractivity contribution >= 4 is 12.2 Å². The number of rotatable bonds is 7. The topological polar surface area (TPSA) is 59.1 Å². The fourth-order valence-electron chi connectivity index (χ4n) is 2.08. The smallest absolute Gasteiger partial charge is 0.415 e. The van der Waals surface area contributed by atoms with Gasteiger partial charge in [0.1, 0.15) is 12.4 Å². The summed E-state index contributed by atoms with van der Waals surface area (Å²) >= 11 is 0. The third-order valence-electron chi connectivity index (χ3n) is 3.56. The summed E-state index contributed by atoms with van der Waals surface area (Å²) in [5.74, 6) is 0.414. The summed E-state index contributed by atoms with van der Waals surface area (Å²) in [6.45, 7) is 9.97. The predicted molar refractivity (Wildman–Crippen MR) is 88.5 cm³/mol. The molecule has 0 aromatic heterocycles. The van der Waals surface area contributed by atoms with Gasteiger partial charge in [0.2, 0.25) is 0 Å². The molecule has 0 N–H and O–H groups in total. The first-order valence-corrected chi connectivity index (χ1v) is 8.03. The van der Waals surface area contributed by atoms with Crippen molar-refractivity contribution in [2.45, 2.75) is 34.3 Å². The lowest BCUT2D eigenvalue weighted by molar-refractivity contribution is 0.0989. The molecule has 0 saturated carbocycles. The van der Waals surface area contributed by atoms with Crippen molar-refractivity contribution in [3.8, 4) is 5.75 Å². The van der Waals surface area contributed by atoms with Crippen LogP contribution in [0.5, 0.6) is 5.75 Å². The van der Waals surface area contributed by atoms with Crippen molar-refractivity contribution in [2.24, 2.45) is 0 Å². The molecule has 0 heterocycles. The van der Waals surface area contributed by atoms with Crippen LogP contribution in [0.3, 0.4) is 0 Å². The van der Waals surface area contributed by atoms with Crippen molar-refractivity contribution in [3.05, 3.63) is 29.8 Å². The van der Waals surface area contributed by atoms with E-state index in [1.807, 2.05) is 33.8 Å². The molecule has 0 bridgehead atoms. The Morgan fingerprint density at radius 3 is 1.96 bits per heavy atom. The minimum Gasteiger partial charge on any atom is -0.444 e. The Labute approximate surface area is 138 Å². The second-order valence-corrected chi connectivity index (χ2v) is 4.87. The first kappa shape index (κ1) is 18.8. The normalized spacial score (nSPS) is 10.1. The van der Waals surface area contributed by atoms with E-state index in [1.54, 1.807) is 28.0 Å². The standard InChI is InChI=1S/C17H26N2O4/c1-5-18(6-2)16(20)22-13-14-11-9-10-12-15(14)23-17(21)19(7-3)8-4/h9-12H,5-8,13H2,1-4H3. The number of amides is 2. The van der Waals surface area contributed by atoms with E-state index in [9.17, 15) is 9.59 Å². The molecule has 0 atom stereocenters. The molecule has 6 heteroatoms. The van der Waals surface area contributed by atoms with Crippen molar-refractivity contribution in [2.75, 3.05) is 26.2 Å². The summed E-state index contributed by atoms with van der Waals surface area (Å²) in [6, 6.07) is 7.07. The van der Waals surface area contributed by atoms with Crippen molar-refractivity contribution in [3.63, 3.8) is 0 Å². The molecular formula is C17H26N2O4. The third kappa shape index (κ3) is 5.47. The van der Waals surface area contributed by atoms with Crippen molar-refractivity contribution < 1.29 is 19.1 Å². The zero-order valence-electron chi connectivity index (χ0n) is 14.4. The fraction of sp³-hybridized carbons (Fsp3) is 0.529. The molecule has 1 aromatic rings. The lowest BCUT2D eigenvalue weighted by atomic mass is 10.2. The van der Waals surface area contributed by atoms with E-state index in [2.05, 4.69) is 0 Å². The number of ether oxygens (including phenoxy) is 2. The van der Waals surface area contributed by atoms with Gasteiger partial charge in [0.25, 0.3) is 0 Å². The zero-order chi connectivity index (χ0) is 17.2. The highest BCUT2D eigenvalue weighted by Crippen LogP contribution is 2.20. The largest absolute Gasteiger partial charge is 0.444 e. The molecule has 6 nitrogen and oxygen atoms in total. The third-order valence-corrected chi connectivity index (χ3v) is 3.56. The Morgan fingerprint density at radius 2 is 1.39 bits per heavy atom. The Morgan fingerprint density at radius 1 is 0.870 bits per heavy atom. The van der Waals surface area contributed by atoms with Gasteiger partial charge in [0.15, 0.2) is 0 Å². The lowest BCUT2D eigenvalue weighted by Crippen LogP contribution is -2.33. The van der Waals surface area contributed by atoms with E-state index in [1.165, 1.54) is 0 Å². The number of para-hydroxylation sites is 1. The second-order valence-electron chi connectivity index (χ2n) is 4.87. The second kappa shape index (κ2) is 9.71. The minimum absolute atomic E-state index is 0.0665. The summed E-state index contributed by atoms with van der Waals surface area (Å²) in [4.78, 5) is 27.1. The SMILES string of the molecule is CCN(CC)C(=O)OCc1ccccc1OC(=O)N(CC)CC. The number of nitrogens with zero attached hydrogens (tertiary/aromatic N) is 2. The molecule has 0 spiro atoms. The van der Waals surface area contributed by atoms with Crippen LogP contribution in [0, 0.1) is 0 Å². The van der Waals surface area contributed by atoms with E-state index in [4.69, 9.17) is 9.47 Å². The van der Waals surface area contributed by atoms with Crippen LogP contribution >= 0.6 is 0 Å². The van der Waals surface area contributed by atoms with Crippen LogP contribution in [0.2, 0.25) is 0 Å². The number of hydrogen-bond donors (Lipinski definition) is 0. The maximum absolute atomic E-state index is 12.1. The maximum atomic E-state index is 12.1. The summed E-state index contributed by atoms with van der Waals surface area (Å²) in [5.41, 5.74) is 0.661. The minimum atomic E-state index is -0.405. The van der Waals surface area contributed by atoms with E-state index >= 15 is 0 Å². The van der Waals surface area contributed by atoms with Gasteiger partial charge in [-0.05, 0) is 33.8 Å². The van der Waals surface area contributed by atoms with Crippen molar-refractivity contribution in [1.29, 1.82) is 0 Å². The van der Waals surface area contributed by atoms with Gasteiger partial charge in [-0.2, -0.15) is 0 Å². The zero-order valence-corrected chi connectivity index (χ0v) is 14.4. The summed E-state index contributed by atoms with van der Waals surface area (Å²) in [7, 11) is 0. The maximum Gasteiger partial charge on any atom is 0.415 e. The van der Waals surface area contributed by atoms with Gasteiger partial charge in [-0.15, -0.1) is 0 Å². The first-order valence-electron chi connectivity index (χ1n) is 8.03. The predicted octanol–water partition coefficient (Wildman–Crippen LogP) is 3.51. The van der Waals surface area contributed by atoms with E-state index in [-0.39, 0.29) is 12.7 Å². The number of benzene rings is 1. The molecule has 0 radical (unpaired) electrons. The molecule has 0 aliphatic carbocycles. The first-order chi connectivity index (χ1) is 11.1. The molecule has 128 valence electrons. The van der Waals surface area contributed by atoms with E-state index < -0.39 is 6.09 Å². The highest BCUT2D eigenvalue weighted by molar-refractivity contribution is 5.71. The molecule has 0 fully saturated rings. The fourth-order valence-corrected chi connectivity index (χ4v) is 2.08. The molecule has 0 aliphatic heterocycles. The number of carbonyl (C=O) groups excluding carboxylic acids is 2. The molecule has 0 saturated heterocycles. The van der Waals surface area contributed by atoms with Gasteiger partial charge < -0.3 is 19.3 Å². The van der Waals surface area contributed by atoms with Crippen LogP contribution in [-0.4, -0.2) is 48.2 Å². The van der Waals surface area contributed by atoms with Gasteiger partial charge in [0, 0.05) is 31.7 Å². The summed E-state index contributed by atoms with van der Waals surface area (Å²) in [5, 5.41) is 0. The molecule has 2 amide bonds. The van der Waals surface area contributed by atoms with Gasteiger partial charge >= 0.3 is 12.2 Å². The van der Waals surface area contributed by atoms with Crippen LogP contribution in [0.1, 0.15) is 33.3 Å². The lowest BCUT2D eigenvalue weighted by Gasteiger charge is -2.20. The summed E-state index contributed by atoms with van der Waals surface area (Å²) < 4.78 is 10.7. The Hall–Kier alpha value is -2.24. The molecule has 1 rings (SSSR count). The molecular weight excluding hydrogens is 296 g/mol. The van der Waals surface area contributed by atoms with Gasteiger partial charge in [-0.3, -0.25) is 0 Å². The van der Waals surface area contributed by atoms with E-state index in [0.29, 0.717) is 37.5 Å². The van der Waals surface area contributed by atoms with Crippen LogP contribution in [-0.2, 0) is 11.3 Å². The Kier molecular flexibility index (Phi) is 7.94. The monoisotopic (exact) mass is 322 g/mol. The number of carbonyl (C=O) groups is 2. The highest BCUT2D eigenvalue weighted by atomic mass is 16.6. The Balaban J connectivity index is 2.74. The van der Waals surface area contributed by atoms with Crippen molar-refractivity contribution in [1.82, 2.24) is 9.80 Å². The van der Waals surface area contributed by atoms with Gasteiger partial charge in [-0.1, -0.05) is 18.2 Å². The van der Waals surface area contributed by atoms with Crippen LogP contribution in [0.15, 0.2) is 24.3 Å². The molecule has 23 heavy (non-hydrogen) atoms. The van der Waals surface area contributed by atoms with E-state index in [0.717, 1.165) is 0 Å². The average Bonchev–Trinajstić information content (AvgIpc) is 2.56. The molecule has 0 aliphatic rings. The summed E-state index contributed by atoms with van der Waals surface area (Å²) in [6.07, 6.45) is -0.780. The quantitative estimate of drug-likeness (QED) is 0.771. The highest BCUT2D eigenvalue weighted by Gasteiger charge is 2.16. The van der Waals surface area contributed by atoms with Crippen LogP contribution < -0.4 is 4.74 Å². The molecule has 0 unspecified atom stereocenters.